The summed E-state index contributed by atoms with van der Waals surface area (Å²) in [7, 11) is 0. The number of nitrogens with one attached hydrogen (secondary N) is 2. The van der Waals surface area contributed by atoms with Crippen molar-refractivity contribution in [2.24, 2.45) is 11.7 Å². The Hall–Kier alpha value is -2.96. The van der Waals surface area contributed by atoms with Gasteiger partial charge in [0.1, 0.15) is 11.7 Å². The van der Waals surface area contributed by atoms with Crippen molar-refractivity contribution in [2.75, 3.05) is 5.32 Å². The molecule has 25 heavy (non-hydrogen) atoms. The minimum Gasteiger partial charge on any atom is -0.481 e. The molecule has 7 nitrogen and oxygen atoms in total. The zero-order valence-electron chi connectivity index (χ0n) is 13.8. The molecule has 0 atom stereocenters. The van der Waals surface area contributed by atoms with Gasteiger partial charge in [0.05, 0.1) is 11.6 Å². The first-order valence-corrected chi connectivity index (χ1v) is 8.31. The summed E-state index contributed by atoms with van der Waals surface area (Å²) in [5.41, 5.74) is 7.78. The lowest BCUT2D eigenvalue weighted by atomic mass is 9.86. The Morgan fingerprint density at radius 2 is 1.76 bits per heavy atom. The van der Waals surface area contributed by atoms with Crippen LogP contribution in [-0.4, -0.2) is 33.2 Å². The van der Waals surface area contributed by atoms with Gasteiger partial charge in [-0.2, -0.15) is 0 Å². The summed E-state index contributed by atoms with van der Waals surface area (Å²) in [6.45, 7) is 0. The van der Waals surface area contributed by atoms with Gasteiger partial charge in [0.15, 0.2) is 0 Å². The third-order valence-corrected chi connectivity index (χ3v) is 4.58. The average Bonchev–Trinajstić information content (AvgIpc) is 2.63. The quantitative estimate of drug-likeness (QED) is 0.490. The lowest BCUT2D eigenvalue weighted by Crippen LogP contribution is -2.29. The van der Waals surface area contributed by atoms with Crippen LogP contribution in [0.25, 0.3) is 11.3 Å². The fourth-order valence-electron chi connectivity index (χ4n) is 3.08. The van der Waals surface area contributed by atoms with Crippen molar-refractivity contribution in [3.63, 3.8) is 0 Å². The molecule has 1 fully saturated rings. The minimum atomic E-state index is -0.696. The molecule has 7 heteroatoms. The van der Waals surface area contributed by atoms with Gasteiger partial charge in [-0.05, 0) is 37.8 Å². The van der Waals surface area contributed by atoms with E-state index in [1.54, 1.807) is 12.1 Å². The van der Waals surface area contributed by atoms with Crippen LogP contribution in [0, 0.1) is 11.3 Å². The zero-order chi connectivity index (χ0) is 17.8. The van der Waals surface area contributed by atoms with Crippen molar-refractivity contribution >= 4 is 17.6 Å². The Bertz CT molecular complexity index is 750. The molecule has 0 radical (unpaired) electrons. The van der Waals surface area contributed by atoms with Gasteiger partial charge in [-0.15, -0.1) is 10.2 Å². The van der Waals surface area contributed by atoms with E-state index in [0.717, 1.165) is 24.1 Å². The zero-order valence-corrected chi connectivity index (χ0v) is 13.8. The van der Waals surface area contributed by atoms with Crippen LogP contribution >= 0.6 is 0 Å². The lowest BCUT2D eigenvalue weighted by Gasteiger charge is -2.27. The first-order chi connectivity index (χ1) is 12.0. The van der Waals surface area contributed by atoms with E-state index in [-0.39, 0.29) is 17.8 Å². The average molecular weight is 339 g/mol. The summed E-state index contributed by atoms with van der Waals surface area (Å²) < 4.78 is 0. The largest absolute Gasteiger partial charge is 0.481 e. The maximum absolute atomic E-state index is 11.0. The molecule has 1 aliphatic rings. The third-order valence-electron chi connectivity index (χ3n) is 4.58. The Balaban J connectivity index is 1.61. The summed E-state index contributed by atoms with van der Waals surface area (Å²) in [5, 5.41) is 28.2. The number of aliphatic carboxylic acids is 1. The molecule has 2 aromatic rings. The van der Waals surface area contributed by atoms with E-state index in [1.807, 2.05) is 24.3 Å². The van der Waals surface area contributed by atoms with Crippen molar-refractivity contribution in [1.82, 2.24) is 10.2 Å². The smallest absolute Gasteiger partial charge is 0.306 e. The van der Waals surface area contributed by atoms with Gasteiger partial charge in [0.2, 0.25) is 0 Å². The molecule has 3 rings (SSSR count). The number of carboxylic acids is 1. The monoisotopic (exact) mass is 339 g/mol. The van der Waals surface area contributed by atoms with Crippen molar-refractivity contribution in [1.29, 1.82) is 5.41 Å². The van der Waals surface area contributed by atoms with E-state index in [9.17, 15) is 4.79 Å². The fourth-order valence-corrected chi connectivity index (χ4v) is 3.08. The number of amidine groups is 1. The second-order valence-corrected chi connectivity index (χ2v) is 6.33. The third kappa shape index (κ3) is 4.12. The predicted molar refractivity (Wildman–Crippen MR) is 95.5 cm³/mol. The summed E-state index contributed by atoms with van der Waals surface area (Å²) in [6, 6.07) is 11.3. The van der Waals surface area contributed by atoms with Crippen LogP contribution < -0.4 is 11.1 Å². The Morgan fingerprint density at radius 3 is 2.28 bits per heavy atom. The molecule has 130 valence electrons. The number of rotatable bonds is 5. The summed E-state index contributed by atoms with van der Waals surface area (Å²) >= 11 is 0. The molecule has 0 spiro atoms. The van der Waals surface area contributed by atoms with Crippen LogP contribution in [0.4, 0.5) is 5.82 Å². The fraction of sp³-hybridized carbons (Fsp3) is 0.333. The predicted octanol–water partition coefficient (Wildman–Crippen LogP) is 2.48. The molecule has 1 heterocycles. The van der Waals surface area contributed by atoms with E-state index < -0.39 is 5.97 Å². The number of carbonyl (C=O) groups is 1. The number of nitrogens with two attached hydrogens (primary N) is 1. The summed E-state index contributed by atoms with van der Waals surface area (Å²) in [6.07, 6.45) is 3.04. The van der Waals surface area contributed by atoms with E-state index in [0.29, 0.717) is 24.2 Å². The summed E-state index contributed by atoms with van der Waals surface area (Å²) in [4.78, 5) is 11.0. The standard InChI is InChI=1S/C18H21N5O2/c19-17(20)12-3-1-11(2-4-12)15-9-10-16(23-22-15)21-14-7-5-13(6-8-14)18(24)25/h1-4,9-10,13-14H,5-8H2,(H3,19,20)(H,21,23)(H,24,25)/t13-,14-. The number of carboxylic acid groups (broad SMARTS) is 1. The van der Waals surface area contributed by atoms with Crippen LogP contribution in [0.3, 0.4) is 0 Å². The molecule has 0 saturated heterocycles. The van der Waals surface area contributed by atoms with Crippen molar-refractivity contribution < 1.29 is 9.90 Å². The van der Waals surface area contributed by atoms with Gasteiger partial charge >= 0.3 is 5.97 Å². The highest BCUT2D eigenvalue weighted by Crippen LogP contribution is 2.26. The number of nitrogen functional groups attached to an aromatic ring is 1. The van der Waals surface area contributed by atoms with E-state index in [1.165, 1.54) is 0 Å². The van der Waals surface area contributed by atoms with Gasteiger partial charge in [0, 0.05) is 17.2 Å². The van der Waals surface area contributed by atoms with E-state index >= 15 is 0 Å². The number of benzene rings is 1. The molecule has 0 aliphatic heterocycles. The Labute approximate surface area is 145 Å². The molecule has 1 aliphatic carbocycles. The normalized spacial score (nSPS) is 20.0. The maximum atomic E-state index is 11.0. The molecular formula is C18H21N5O2. The molecule has 1 saturated carbocycles. The highest BCUT2D eigenvalue weighted by molar-refractivity contribution is 5.95. The molecule has 0 amide bonds. The summed E-state index contributed by atoms with van der Waals surface area (Å²) in [5.74, 6) is -0.180. The second kappa shape index (κ2) is 7.29. The number of anilines is 1. The molecule has 1 aromatic heterocycles. The van der Waals surface area contributed by atoms with Gasteiger partial charge in [0.25, 0.3) is 0 Å². The van der Waals surface area contributed by atoms with Crippen molar-refractivity contribution in [3.8, 4) is 11.3 Å². The van der Waals surface area contributed by atoms with Gasteiger partial charge in [-0.1, -0.05) is 24.3 Å². The Kier molecular flexibility index (Phi) is 4.92. The first kappa shape index (κ1) is 16.9. The lowest BCUT2D eigenvalue weighted by molar-refractivity contribution is -0.142. The maximum Gasteiger partial charge on any atom is 0.306 e. The van der Waals surface area contributed by atoms with Crippen LogP contribution in [0.15, 0.2) is 36.4 Å². The first-order valence-electron chi connectivity index (χ1n) is 8.31. The van der Waals surface area contributed by atoms with Crippen LogP contribution in [0.2, 0.25) is 0 Å². The number of hydrogen-bond acceptors (Lipinski definition) is 5. The van der Waals surface area contributed by atoms with E-state index in [4.69, 9.17) is 16.2 Å². The van der Waals surface area contributed by atoms with Gasteiger partial charge in [-0.3, -0.25) is 10.2 Å². The SMILES string of the molecule is N=C(N)c1ccc(-c2ccc(N[C@H]3CC[C@H](C(=O)O)CC3)nn2)cc1. The number of hydrogen-bond donors (Lipinski definition) is 4. The number of nitrogens with zero attached hydrogens (tertiary/aromatic N) is 2. The molecule has 0 unspecified atom stereocenters. The van der Waals surface area contributed by atoms with Gasteiger partial charge < -0.3 is 16.2 Å². The molecule has 1 aromatic carbocycles. The Morgan fingerprint density at radius 1 is 1.08 bits per heavy atom. The highest BCUT2D eigenvalue weighted by Gasteiger charge is 2.25. The van der Waals surface area contributed by atoms with Crippen molar-refractivity contribution in [3.05, 3.63) is 42.0 Å². The van der Waals surface area contributed by atoms with Crippen molar-refractivity contribution in [2.45, 2.75) is 31.7 Å². The van der Waals surface area contributed by atoms with Gasteiger partial charge in [-0.25, -0.2) is 0 Å². The molecule has 0 bridgehead atoms. The second-order valence-electron chi connectivity index (χ2n) is 6.33. The van der Waals surface area contributed by atoms with Crippen LogP contribution in [0.5, 0.6) is 0 Å². The highest BCUT2D eigenvalue weighted by atomic mass is 16.4. The number of aromatic nitrogens is 2. The molecular weight excluding hydrogens is 318 g/mol. The topological polar surface area (TPSA) is 125 Å². The minimum absolute atomic E-state index is 0.0369. The van der Waals surface area contributed by atoms with Crippen LogP contribution in [0.1, 0.15) is 31.2 Å². The van der Waals surface area contributed by atoms with Crippen LogP contribution in [-0.2, 0) is 4.79 Å². The molecule has 5 N–H and O–H groups in total. The van der Waals surface area contributed by atoms with E-state index in [2.05, 4.69) is 15.5 Å².